The Kier molecular flexibility index (Phi) is 5.15. The van der Waals surface area contributed by atoms with Crippen LogP contribution in [-0.2, 0) is 6.54 Å². The number of hydrogen-bond donors (Lipinski definition) is 1. The summed E-state index contributed by atoms with van der Waals surface area (Å²) in [7, 11) is 0. The Balaban J connectivity index is 1.24. The molecule has 6 aromatic rings. The zero-order chi connectivity index (χ0) is 23.8. The predicted octanol–water partition coefficient (Wildman–Crippen LogP) is 4.28. The number of rotatable bonds is 6. The number of nitrogens with one attached hydrogen (secondary N) is 1. The summed E-state index contributed by atoms with van der Waals surface area (Å²) in [5, 5.41) is 13.4. The van der Waals surface area contributed by atoms with E-state index in [9.17, 15) is 9.18 Å². The number of hydrogen-bond acceptors (Lipinski definition) is 6. The van der Waals surface area contributed by atoms with Crippen LogP contribution in [0, 0.1) is 5.82 Å². The molecule has 0 atom stereocenters. The molecule has 0 radical (unpaired) electrons. The van der Waals surface area contributed by atoms with Crippen molar-refractivity contribution in [3.63, 3.8) is 0 Å². The molecule has 172 valence electrons. The van der Waals surface area contributed by atoms with Crippen LogP contribution >= 0.6 is 11.3 Å². The lowest BCUT2D eigenvalue weighted by atomic mass is 10.3. The first-order valence-electron chi connectivity index (χ1n) is 10.7. The maximum Gasteiger partial charge on any atom is 0.295 e. The van der Waals surface area contributed by atoms with Gasteiger partial charge in [0, 0.05) is 18.6 Å². The fraction of sp³-hybridized carbons (Fsp3) is 0.0417. The van der Waals surface area contributed by atoms with Gasteiger partial charge in [0.05, 0.1) is 34.7 Å². The first-order chi connectivity index (χ1) is 17.1. The third-order valence-electron chi connectivity index (χ3n) is 5.23. The molecule has 11 heteroatoms. The second-order valence-corrected chi connectivity index (χ2v) is 8.65. The smallest absolute Gasteiger partial charge is 0.295 e. The SMILES string of the molecule is O=C(Nc1cnn(Cc2cn3ccccc3n2)c1)c1nc(-c2cccs2)n(-c2cccc(F)c2)n1. The molecule has 0 fully saturated rings. The van der Waals surface area contributed by atoms with Crippen LogP contribution in [0.5, 0.6) is 0 Å². The number of anilines is 1. The quantitative estimate of drug-likeness (QED) is 0.381. The van der Waals surface area contributed by atoms with Gasteiger partial charge in [-0.05, 0) is 41.8 Å². The summed E-state index contributed by atoms with van der Waals surface area (Å²) in [6.45, 7) is 0.451. The number of nitrogens with zero attached hydrogens (tertiary/aromatic N) is 7. The Morgan fingerprint density at radius 1 is 1.06 bits per heavy atom. The van der Waals surface area contributed by atoms with Crippen molar-refractivity contribution < 1.29 is 9.18 Å². The van der Waals surface area contributed by atoms with Gasteiger partial charge in [-0.2, -0.15) is 5.10 Å². The Morgan fingerprint density at radius 2 is 2.00 bits per heavy atom. The van der Waals surface area contributed by atoms with Crippen molar-refractivity contribution in [1.82, 2.24) is 33.9 Å². The molecule has 5 aromatic heterocycles. The average molecular weight is 485 g/mol. The van der Waals surface area contributed by atoms with Crippen LogP contribution in [-0.4, -0.2) is 39.8 Å². The fourth-order valence-electron chi connectivity index (χ4n) is 3.69. The zero-order valence-electron chi connectivity index (χ0n) is 18.1. The predicted molar refractivity (Wildman–Crippen MR) is 129 cm³/mol. The molecule has 0 aliphatic carbocycles. The van der Waals surface area contributed by atoms with Crippen molar-refractivity contribution in [1.29, 1.82) is 0 Å². The van der Waals surface area contributed by atoms with Crippen molar-refractivity contribution in [3.8, 4) is 16.4 Å². The van der Waals surface area contributed by atoms with E-state index in [2.05, 4.69) is 25.5 Å². The van der Waals surface area contributed by atoms with Crippen LogP contribution < -0.4 is 5.32 Å². The van der Waals surface area contributed by atoms with Gasteiger partial charge in [0.15, 0.2) is 5.82 Å². The van der Waals surface area contributed by atoms with E-state index in [4.69, 9.17) is 0 Å². The van der Waals surface area contributed by atoms with Gasteiger partial charge in [0.2, 0.25) is 5.82 Å². The van der Waals surface area contributed by atoms with Gasteiger partial charge in [-0.15, -0.1) is 16.4 Å². The third kappa shape index (κ3) is 4.20. The second-order valence-electron chi connectivity index (χ2n) is 7.71. The second kappa shape index (κ2) is 8.61. The highest BCUT2D eigenvalue weighted by Crippen LogP contribution is 2.26. The number of thiophene rings is 1. The summed E-state index contributed by atoms with van der Waals surface area (Å²) < 4.78 is 18.9. The van der Waals surface area contributed by atoms with Gasteiger partial charge in [0.1, 0.15) is 11.5 Å². The Morgan fingerprint density at radius 3 is 2.83 bits per heavy atom. The summed E-state index contributed by atoms with van der Waals surface area (Å²) in [5.74, 6) is -0.478. The zero-order valence-corrected chi connectivity index (χ0v) is 18.9. The molecule has 0 spiro atoms. The molecule has 0 unspecified atom stereocenters. The van der Waals surface area contributed by atoms with Gasteiger partial charge < -0.3 is 9.72 Å². The van der Waals surface area contributed by atoms with E-state index in [1.165, 1.54) is 28.2 Å². The molecule has 1 N–H and O–H groups in total. The van der Waals surface area contributed by atoms with Crippen molar-refractivity contribution in [3.05, 3.63) is 102 Å². The molecule has 0 aliphatic heterocycles. The van der Waals surface area contributed by atoms with Crippen LogP contribution in [0.3, 0.4) is 0 Å². The summed E-state index contributed by atoms with van der Waals surface area (Å²) in [6, 6.07) is 15.5. The van der Waals surface area contributed by atoms with Crippen LogP contribution in [0.1, 0.15) is 16.3 Å². The Bertz CT molecular complexity index is 1620. The molecule has 1 amide bonds. The minimum Gasteiger partial charge on any atom is -0.316 e. The summed E-state index contributed by atoms with van der Waals surface area (Å²) in [5.41, 5.74) is 2.66. The van der Waals surface area contributed by atoms with E-state index in [0.29, 0.717) is 23.7 Å². The minimum atomic E-state index is -0.495. The summed E-state index contributed by atoms with van der Waals surface area (Å²) >= 11 is 1.45. The van der Waals surface area contributed by atoms with Gasteiger partial charge in [0.25, 0.3) is 5.91 Å². The lowest BCUT2D eigenvalue weighted by Gasteiger charge is -2.04. The number of halogens is 1. The maximum atomic E-state index is 13.8. The van der Waals surface area contributed by atoms with E-state index < -0.39 is 11.7 Å². The van der Waals surface area contributed by atoms with Crippen LogP contribution in [0.2, 0.25) is 0 Å². The van der Waals surface area contributed by atoms with E-state index in [-0.39, 0.29) is 5.82 Å². The van der Waals surface area contributed by atoms with Crippen molar-refractivity contribution in [2.75, 3.05) is 5.32 Å². The fourth-order valence-corrected chi connectivity index (χ4v) is 4.39. The third-order valence-corrected chi connectivity index (χ3v) is 6.10. The molecule has 0 saturated carbocycles. The lowest BCUT2D eigenvalue weighted by Crippen LogP contribution is -2.14. The lowest BCUT2D eigenvalue weighted by molar-refractivity contribution is 0.101. The number of fused-ring (bicyclic) bond motifs is 1. The number of amides is 1. The molecule has 9 nitrogen and oxygen atoms in total. The van der Waals surface area contributed by atoms with Crippen LogP contribution in [0.4, 0.5) is 10.1 Å². The topological polar surface area (TPSA) is 94.9 Å². The standard InChI is InChI=1S/C24H17FN8OS/c25-16-5-3-6-19(11-16)33-23(20-7-4-10-35-20)29-22(30-33)24(34)28-17-12-26-32(14-17)15-18-13-31-9-2-1-8-21(31)27-18/h1-14H,15H2,(H,28,34). The van der Waals surface area contributed by atoms with E-state index in [1.54, 1.807) is 29.2 Å². The number of carbonyl (C=O) groups excluding carboxylic acids is 1. The molecule has 35 heavy (non-hydrogen) atoms. The first kappa shape index (κ1) is 20.9. The molecular formula is C24H17FN8OS. The van der Waals surface area contributed by atoms with Gasteiger partial charge >= 0.3 is 0 Å². The van der Waals surface area contributed by atoms with Crippen molar-refractivity contribution >= 4 is 28.6 Å². The summed E-state index contributed by atoms with van der Waals surface area (Å²) in [6.07, 6.45) is 7.13. The maximum absolute atomic E-state index is 13.8. The summed E-state index contributed by atoms with van der Waals surface area (Å²) in [4.78, 5) is 22.8. The van der Waals surface area contributed by atoms with Gasteiger partial charge in [-0.1, -0.05) is 18.2 Å². The van der Waals surface area contributed by atoms with Gasteiger partial charge in [-0.25, -0.2) is 19.0 Å². The molecule has 6 rings (SSSR count). The highest BCUT2D eigenvalue weighted by Gasteiger charge is 2.20. The monoisotopic (exact) mass is 484 g/mol. The number of aromatic nitrogens is 7. The molecule has 5 heterocycles. The Labute approximate surface area is 202 Å². The molecule has 0 aliphatic rings. The van der Waals surface area contributed by atoms with Crippen molar-refractivity contribution in [2.24, 2.45) is 0 Å². The van der Waals surface area contributed by atoms with Crippen LogP contribution in [0.25, 0.3) is 22.0 Å². The number of imidazole rings is 1. The number of carbonyl (C=O) groups is 1. The van der Waals surface area contributed by atoms with Crippen LogP contribution in [0.15, 0.2) is 84.8 Å². The highest BCUT2D eigenvalue weighted by atomic mass is 32.1. The largest absolute Gasteiger partial charge is 0.316 e. The number of pyridine rings is 1. The highest BCUT2D eigenvalue weighted by molar-refractivity contribution is 7.13. The Hall–Kier alpha value is -4.64. The first-order valence-corrected chi connectivity index (χ1v) is 11.5. The van der Waals surface area contributed by atoms with E-state index in [1.807, 2.05) is 52.5 Å². The normalized spacial score (nSPS) is 11.2. The van der Waals surface area contributed by atoms with Gasteiger partial charge in [-0.3, -0.25) is 9.48 Å². The van der Waals surface area contributed by atoms with E-state index in [0.717, 1.165) is 16.2 Å². The molecule has 0 saturated heterocycles. The molecular weight excluding hydrogens is 467 g/mol. The van der Waals surface area contributed by atoms with Crippen molar-refractivity contribution in [2.45, 2.75) is 6.54 Å². The average Bonchev–Trinajstić information content (AvgIpc) is 3.64. The molecule has 1 aromatic carbocycles. The number of benzene rings is 1. The molecule has 0 bridgehead atoms. The van der Waals surface area contributed by atoms with E-state index >= 15 is 0 Å². The minimum absolute atomic E-state index is 0.0363.